The summed E-state index contributed by atoms with van der Waals surface area (Å²) in [5.41, 5.74) is 8.25. The average Bonchev–Trinajstić information content (AvgIpc) is 2.38. The van der Waals surface area contributed by atoms with Gasteiger partial charge >= 0.3 is 0 Å². The maximum atomic E-state index is 10.8. The predicted octanol–water partition coefficient (Wildman–Crippen LogP) is 3.34. The van der Waals surface area contributed by atoms with Crippen molar-refractivity contribution in [2.24, 2.45) is 0 Å². The maximum absolute atomic E-state index is 10.8. The molecule has 5 heteroatoms. The molecule has 0 unspecified atom stereocenters. The molecule has 5 nitrogen and oxygen atoms in total. The predicted molar refractivity (Wildman–Crippen MR) is 71.5 cm³/mol. The number of nitrogens with one attached hydrogen (secondary N) is 2. The Hall–Kier alpha value is -2.56. The highest BCUT2D eigenvalue weighted by molar-refractivity contribution is 5.62. The zero-order chi connectivity index (χ0) is 13.0. The number of rotatable bonds is 4. The van der Waals surface area contributed by atoms with E-state index >= 15 is 0 Å². The fourth-order valence-corrected chi connectivity index (χ4v) is 1.62. The van der Waals surface area contributed by atoms with E-state index in [2.05, 4.69) is 10.9 Å². The number of anilines is 2. The third-order valence-corrected chi connectivity index (χ3v) is 2.62. The Kier molecular flexibility index (Phi) is 3.43. The molecule has 2 aromatic carbocycles. The summed E-state index contributed by atoms with van der Waals surface area (Å²) in [6.07, 6.45) is 0. The maximum Gasteiger partial charge on any atom is 0.274 e. The minimum atomic E-state index is -0.386. The molecule has 0 aliphatic rings. The molecule has 0 spiro atoms. The van der Waals surface area contributed by atoms with Gasteiger partial charge < -0.3 is 10.9 Å². The molecular formula is C13H13N3O2. The Morgan fingerprint density at radius 3 is 2.39 bits per heavy atom. The van der Waals surface area contributed by atoms with Crippen LogP contribution in [0.2, 0.25) is 0 Å². The summed E-state index contributed by atoms with van der Waals surface area (Å²) >= 11 is 0. The molecule has 0 fully saturated rings. The van der Waals surface area contributed by atoms with Crippen LogP contribution in [0.5, 0.6) is 0 Å². The summed E-state index contributed by atoms with van der Waals surface area (Å²) in [6.45, 7) is 1.72. The zero-order valence-corrected chi connectivity index (χ0v) is 9.88. The molecule has 0 bridgehead atoms. The van der Waals surface area contributed by atoms with E-state index < -0.39 is 0 Å². The van der Waals surface area contributed by atoms with Gasteiger partial charge in [0.15, 0.2) is 0 Å². The highest BCUT2D eigenvalue weighted by Gasteiger charge is 2.12. The summed E-state index contributed by atoms with van der Waals surface area (Å²) in [5.74, 6) is 0. The average molecular weight is 243 g/mol. The van der Waals surface area contributed by atoms with Gasteiger partial charge in [0.1, 0.15) is 0 Å². The molecule has 0 saturated carbocycles. The van der Waals surface area contributed by atoms with E-state index in [9.17, 15) is 10.1 Å². The van der Waals surface area contributed by atoms with E-state index in [0.717, 1.165) is 5.69 Å². The van der Waals surface area contributed by atoms with Crippen LogP contribution in [-0.2, 0) is 0 Å². The molecule has 0 aliphatic heterocycles. The van der Waals surface area contributed by atoms with Gasteiger partial charge in [0, 0.05) is 6.07 Å². The lowest BCUT2D eigenvalue weighted by molar-refractivity contribution is -0.385. The summed E-state index contributed by atoms with van der Waals surface area (Å²) < 4.78 is 0. The van der Waals surface area contributed by atoms with Gasteiger partial charge in [0.25, 0.3) is 5.69 Å². The van der Waals surface area contributed by atoms with Crippen LogP contribution in [0, 0.1) is 17.0 Å². The first-order valence-corrected chi connectivity index (χ1v) is 5.49. The van der Waals surface area contributed by atoms with Gasteiger partial charge in [0.05, 0.1) is 21.9 Å². The number of hydrogen-bond acceptors (Lipinski definition) is 4. The van der Waals surface area contributed by atoms with E-state index in [1.54, 1.807) is 19.1 Å². The number of nitro groups is 1. The monoisotopic (exact) mass is 243 g/mol. The number of para-hydroxylation sites is 1. The minimum absolute atomic E-state index is 0.106. The summed E-state index contributed by atoms with van der Waals surface area (Å²) in [6, 6.07) is 14.5. The molecule has 0 amide bonds. The second-order valence-electron chi connectivity index (χ2n) is 3.82. The topological polar surface area (TPSA) is 67.2 Å². The van der Waals surface area contributed by atoms with E-state index in [1.807, 2.05) is 30.3 Å². The van der Waals surface area contributed by atoms with Gasteiger partial charge in [-0.25, -0.2) is 0 Å². The smallest absolute Gasteiger partial charge is 0.274 e. The molecule has 0 heterocycles. The molecule has 0 atom stereocenters. The molecule has 18 heavy (non-hydrogen) atoms. The summed E-state index contributed by atoms with van der Waals surface area (Å²) in [7, 11) is 0. The second-order valence-corrected chi connectivity index (χ2v) is 3.82. The van der Waals surface area contributed by atoms with Crippen molar-refractivity contribution >= 4 is 17.1 Å². The fourth-order valence-electron chi connectivity index (χ4n) is 1.62. The molecule has 0 aliphatic carbocycles. The quantitative estimate of drug-likeness (QED) is 0.638. The van der Waals surface area contributed by atoms with Crippen molar-refractivity contribution in [2.75, 3.05) is 10.9 Å². The normalized spacial score (nSPS) is 9.83. The first kappa shape index (κ1) is 11.9. The first-order valence-electron chi connectivity index (χ1n) is 5.49. The Bertz CT molecular complexity index is 555. The van der Waals surface area contributed by atoms with Crippen LogP contribution in [0.25, 0.3) is 0 Å². The van der Waals surface area contributed by atoms with E-state index in [-0.39, 0.29) is 10.6 Å². The molecular weight excluding hydrogens is 230 g/mol. The molecule has 0 aromatic heterocycles. The van der Waals surface area contributed by atoms with Crippen LogP contribution in [0.4, 0.5) is 17.1 Å². The standard InChI is InChI=1S/C13H13N3O2/c1-10-12(8-5-9-13(10)16(17)18)15-14-11-6-3-2-4-7-11/h2-9,14-15H,1H3. The van der Waals surface area contributed by atoms with Crippen molar-refractivity contribution in [3.8, 4) is 0 Å². The van der Waals surface area contributed by atoms with Crippen LogP contribution >= 0.6 is 0 Å². The van der Waals surface area contributed by atoms with Crippen molar-refractivity contribution in [2.45, 2.75) is 6.92 Å². The third-order valence-electron chi connectivity index (χ3n) is 2.62. The van der Waals surface area contributed by atoms with Crippen LogP contribution in [0.3, 0.4) is 0 Å². The van der Waals surface area contributed by atoms with Crippen molar-refractivity contribution in [3.63, 3.8) is 0 Å². The Balaban J connectivity index is 2.15. The van der Waals surface area contributed by atoms with E-state index in [1.165, 1.54) is 6.07 Å². The van der Waals surface area contributed by atoms with E-state index in [4.69, 9.17) is 0 Å². The van der Waals surface area contributed by atoms with Crippen LogP contribution in [-0.4, -0.2) is 4.92 Å². The van der Waals surface area contributed by atoms with Gasteiger partial charge in [-0.05, 0) is 25.1 Å². The van der Waals surface area contributed by atoms with Crippen molar-refractivity contribution in [1.29, 1.82) is 0 Å². The zero-order valence-electron chi connectivity index (χ0n) is 9.88. The van der Waals surface area contributed by atoms with Gasteiger partial charge in [-0.15, -0.1) is 0 Å². The molecule has 2 N–H and O–H groups in total. The van der Waals surface area contributed by atoms with Gasteiger partial charge in [0.2, 0.25) is 0 Å². The Labute approximate surface area is 105 Å². The van der Waals surface area contributed by atoms with Gasteiger partial charge in [-0.1, -0.05) is 24.3 Å². The fraction of sp³-hybridized carbons (Fsp3) is 0.0769. The summed E-state index contributed by atoms with van der Waals surface area (Å²) in [4.78, 5) is 10.4. The highest BCUT2D eigenvalue weighted by Crippen LogP contribution is 2.25. The van der Waals surface area contributed by atoms with Crippen LogP contribution in [0.1, 0.15) is 5.56 Å². The lowest BCUT2D eigenvalue weighted by atomic mass is 10.1. The van der Waals surface area contributed by atoms with Gasteiger partial charge in [-0.2, -0.15) is 0 Å². The lowest BCUT2D eigenvalue weighted by Gasteiger charge is -2.11. The number of nitrogens with zero attached hydrogens (tertiary/aromatic N) is 1. The largest absolute Gasteiger partial charge is 0.301 e. The Morgan fingerprint density at radius 1 is 1.00 bits per heavy atom. The van der Waals surface area contributed by atoms with Crippen molar-refractivity contribution in [1.82, 2.24) is 0 Å². The number of hydrogen-bond donors (Lipinski definition) is 2. The molecule has 2 rings (SSSR count). The SMILES string of the molecule is Cc1c(NNc2ccccc2)cccc1[N+](=O)[O-]. The van der Waals surface area contributed by atoms with Crippen LogP contribution < -0.4 is 10.9 Å². The number of nitro benzene ring substituents is 1. The number of benzene rings is 2. The summed E-state index contributed by atoms with van der Waals surface area (Å²) in [5, 5.41) is 10.8. The third kappa shape index (κ3) is 2.57. The lowest BCUT2D eigenvalue weighted by Crippen LogP contribution is -2.10. The van der Waals surface area contributed by atoms with Crippen molar-refractivity contribution < 1.29 is 4.92 Å². The van der Waals surface area contributed by atoms with Crippen LogP contribution in [0.15, 0.2) is 48.5 Å². The Morgan fingerprint density at radius 2 is 1.72 bits per heavy atom. The number of hydrazine groups is 1. The molecule has 92 valence electrons. The molecule has 2 aromatic rings. The molecule has 0 radical (unpaired) electrons. The van der Waals surface area contributed by atoms with Crippen molar-refractivity contribution in [3.05, 3.63) is 64.2 Å². The minimum Gasteiger partial charge on any atom is -0.301 e. The van der Waals surface area contributed by atoms with Gasteiger partial charge in [-0.3, -0.25) is 10.1 Å². The first-order chi connectivity index (χ1) is 8.68. The van der Waals surface area contributed by atoms with E-state index in [0.29, 0.717) is 11.3 Å². The highest BCUT2D eigenvalue weighted by atomic mass is 16.6. The second kappa shape index (κ2) is 5.18. The molecule has 0 saturated heterocycles.